The highest BCUT2D eigenvalue weighted by Crippen LogP contribution is 2.34. The highest BCUT2D eigenvalue weighted by Gasteiger charge is 2.24. The van der Waals surface area contributed by atoms with Crippen LogP contribution in [0.15, 0.2) is 63.8 Å². The summed E-state index contributed by atoms with van der Waals surface area (Å²) in [6, 6.07) is 8.97. The van der Waals surface area contributed by atoms with E-state index in [1.165, 1.54) is 44.1 Å². The summed E-state index contributed by atoms with van der Waals surface area (Å²) in [6.45, 7) is 3.75. The minimum absolute atomic E-state index is 0.0421. The Kier molecular flexibility index (Phi) is 6.99. The second kappa shape index (κ2) is 9.96. The molecule has 8 nitrogen and oxygen atoms in total. The van der Waals surface area contributed by atoms with E-state index in [0.717, 1.165) is 11.3 Å². The zero-order chi connectivity index (χ0) is 25.2. The number of methoxy groups -OCH3 is 1. The lowest BCUT2D eigenvalue weighted by Crippen LogP contribution is -2.31. The van der Waals surface area contributed by atoms with Gasteiger partial charge in [0.1, 0.15) is 10.0 Å². The monoisotopic (exact) mass is 515 g/mol. The van der Waals surface area contributed by atoms with Crippen LogP contribution in [-0.2, 0) is 21.2 Å². The van der Waals surface area contributed by atoms with Gasteiger partial charge in [0.15, 0.2) is 12.2 Å². The molecule has 0 radical (unpaired) electrons. The highest BCUT2D eigenvalue weighted by atomic mass is 32.2. The summed E-state index contributed by atoms with van der Waals surface area (Å²) in [5.41, 5.74) is 2.19. The first-order valence-corrected chi connectivity index (χ1v) is 12.8. The van der Waals surface area contributed by atoms with Gasteiger partial charge in [0, 0.05) is 12.3 Å². The third kappa shape index (κ3) is 5.41. The molecule has 0 aliphatic heterocycles. The van der Waals surface area contributed by atoms with E-state index in [4.69, 9.17) is 9.15 Å². The normalized spacial score (nSPS) is 11.6. The Morgan fingerprint density at radius 2 is 2.03 bits per heavy atom. The maximum absolute atomic E-state index is 14.5. The first-order valence-electron chi connectivity index (χ1n) is 10.5. The van der Waals surface area contributed by atoms with Crippen molar-refractivity contribution >= 4 is 27.3 Å². The van der Waals surface area contributed by atoms with E-state index in [9.17, 15) is 17.6 Å². The maximum atomic E-state index is 14.5. The smallest absolute Gasteiger partial charge is 0.273 e. The Balaban J connectivity index is 1.65. The van der Waals surface area contributed by atoms with E-state index in [2.05, 4.69) is 14.7 Å². The summed E-state index contributed by atoms with van der Waals surface area (Å²) in [6.07, 6.45) is 3.97. The van der Waals surface area contributed by atoms with Crippen LogP contribution in [0.5, 0.6) is 5.88 Å². The van der Waals surface area contributed by atoms with E-state index in [-0.39, 0.29) is 16.5 Å². The van der Waals surface area contributed by atoms with E-state index in [1.807, 2.05) is 13.8 Å². The first-order chi connectivity index (χ1) is 16.7. The molecule has 0 unspecified atom stereocenters. The number of pyridine rings is 1. The van der Waals surface area contributed by atoms with Crippen LogP contribution in [0.3, 0.4) is 0 Å². The number of oxazole rings is 1. The minimum atomic E-state index is -4.13. The molecule has 182 valence electrons. The van der Waals surface area contributed by atoms with Crippen LogP contribution in [-0.4, -0.2) is 31.4 Å². The fourth-order valence-electron chi connectivity index (χ4n) is 3.65. The number of nitrogens with zero attached hydrogens (tertiary/aromatic N) is 2. The molecule has 0 bridgehead atoms. The average Bonchev–Trinajstić information content (AvgIpc) is 3.52. The Morgan fingerprint density at radius 1 is 1.23 bits per heavy atom. The summed E-state index contributed by atoms with van der Waals surface area (Å²) < 4.78 is 52.7. The molecule has 4 aromatic rings. The van der Waals surface area contributed by atoms with Crippen molar-refractivity contribution in [3.63, 3.8) is 0 Å². The maximum Gasteiger partial charge on any atom is 0.273 e. The van der Waals surface area contributed by atoms with Gasteiger partial charge >= 0.3 is 0 Å². The van der Waals surface area contributed by atoms with Gasteiger partial charge in [0.05, 0.1) is 24.6 Å². The number of benzene rings is 1. The van der Waals surface area contributed by atoms with Crippen LogP contribution < -0.4 is 9.46 Å². The van der Waals surface area contributed by atoms with E-state index in [0.29, 0.717) is 38.8 Å². The predicted molar refractivity (Wildman–Crippen MR) is 129 cm³/mol. The van der Waals surface area contributed by atoms with Crippen LogP contribution in [0.4, 0.5) is 4.39 Å². The van der Waals surface area contributed by atoms with Crippen LogP contribution in [0.2, 0.25) is 0 Å². The van der Waals surface area contributed by atoms with E-state index in [1.54, 1.807) is 18.2 Å². The van der Waals surface area contributed by atoms with Crippen molar-refractivity contribution in [1.82, 2.24) is 14.7 Å². The first kappa shape index (κ1) is 24.6. The summed E-state index contributed by atoms with van der Waals surface area (Å²) in [5.74, 6) is -0.566. The molecule has 0 spiro atoms. The lowest BCUT2D eigenvalue weighted by Gasteiger charge is -2.18. The summed E-state index contributed by atoms with van der Waals surface area (Å²) in [7, 11) is -2.66. The number of carbonyl (C=O) groups is 1. The zero-order valence-corrected chi connectivity index (χ0v) is 20.7. The van der Waals surface area contributed by atoms with E-state index >= 15 is 0 Å². The van der Waals surface area contributed by atoms with Crippen molar-refractivity contribution in [3.8, 4) is 27.6 Å². The average molecular weight is 516 g/mol. The topological polar surface area (TPSA) is 111 Å². The lowest BCUT2D eigenvalue weighted by molar-refractivity contribution is -0.118. The summed E-state index contributed by atoms with van der Waals surface area (Å²) in [4.78, 5) is 21.4. The van der Waals surface area contributed by atoms with Crippen LogP contribution >= 0.6 is 11.3 Å². The second-order valence-electron chi connectivity index (χ2n) is 7.95. The largest absolute Gasteiger partial charge is 0.481 e. The number of rotatable bonds is 8. The molecule has 1 amide bonds. The number of nitrogens with one attached hydrogen (secondary N) is 1. The number of ether oxygens (including phenoxy) is 1. The van der Waals surface area contributed by atoms with Gasteiger partial charge < -0.3 is 9.15 Å². The molecule has 0 saturated heterocycles. The van der Waals surface area contributed by atoms with Crippen molar-refractivity contribution in [2.24, 2.45) is 0 Å². The van der Waals surface area contributed by atoms with Crippen molar-refractivity contribution < 1.29 is 26.8 Å². The van der Waals surface area contributed by atoms with Crippen molar-refractivity contribution in [2.75, 3.05) is 7.11 Å². The number of halogens is 1. The highest BCUT2D eigenvalue weighted by molar-refractivity contribution is 7.92. The molecule has 35 heavy (non-hydrogen) atoms. The van der Waals surface area contributed by atoms with Crippen LogP contribution in [0.25, 0.3) is 21.8 Å². The van der Waals surface area contributed by atoms with Gasteiger partial charge in [-0.25, -0.2) is 27.5 Å². The van der Waals surface area contributed by atoms with Crippen molar-refractivity contribution in [2.45, 2.75) is 30.4 Å². The van der Waals surface area contributed by atoms with Crippen LogP contribution in [0.1, 0.15) is 30.9 Å². The number of hydrogen-bond donors (Lipinski definition) is 1. The Morgan fingerprint density at radius 3 is 2.71 bits per heavy atom. The number of aromatic nitrogens is 2. The van der Waals surface area contributed by atoms with Gasteiger partial charge in [0.25, 0.3) is 10.0 Å². The predicted octanol–water partition coefficient (Wildman–Crippen LogP) is 4.78. The third-order valence-corrected chi connectivity index (χ3v) is 8.20. The molecule has 3 heterocycles. The Hall–Kier alpha value is -3.57. The molecule has 3 aromatic heterocycles. The van der Waals surface area contributed by atoms with Crippen molar-refractivity contribution in [3.05, 3.63) is 72.1 Å². The molecule has 0 aliphatic carbocycles. The second-order valence-corrected chi connectivity index (χ2v) is 10.9. The quantitative estimate of drug-likeness (QED) is 0.359. The molecule has 1 N–H and O–H groups in total. The Labute approximate surface area is 205 Å². The standard InChI is InChI=1S/C24H22FN3O5S2/c1-14(2)17-9-16(25)10-18(15-6-7-27-23(8-15)32-3)19(17)11-22(29)28-35(30,31)24-5-4-21(34-24)20-12-26-13-33-20/h4-10,12-14H,11H2,1-3H3,(H,28,29). The zero-order valence-electron chi connectivity index (χ0n) is 19.1. The number of thiophene rings is 1. The number of carbonyl (C=O) groups excluding carboxylic acids is 1. The summed E-state index contributed by atoms with van der Waals surface area (Å²) in [5, 5.41) is 0. The van der Waals surface area contributed by atoms with Crippen molar-refractivity contribution in [1.29, 1.82) is 0 Å². The van der Waals surface area contributed by atoms with Gasteiger partial charge in [-0.2, -0.15) is 0 Å². The van der Waals surface area contributed by atoms with Gasteiger partial charge in [-0.05, 0) is 58.5 Å². The molecule has 0 atom stereocenters. The molecule has 4 rings (SSSR count). The molecule has 0 fully saturated rings. The molecule has 0 saturated carbocycles. The fourth-order valence-corrected chi connectivity index (χ4v) is 5.89. The number of hydrogen-bond acceptors (Lipinski definition) is 8. The SMILES string of the molecule is COc1cc(-c2cc(F)cc(C(C)C)c2CC(=O)NS(=O)(=O)c2ccc(-c3cnco3)s2)ccn1. The fraction of sp³-hybridized carbons (Fsp3) is 0.208. The molecule has 1 aromatic carbocycles. The summed E-state index contributed by atoms with van der Waals surface area (Å²) >= 11 is 0.953. The van der Waals surface area contributed by atoms with E-state index < -0.39 is 21.7 Å². The Bertz CT molecular complexity index is 1460. The number of amides is 1. The van der Waals surface area contributed by atoms with Gasteiger partial charge in [-0.1, -0.05) is 13.8 Å². The molecular weight excluding hydrogens is 493 g/mol. The van der Waals surface area contributed by atoms with Crippen LogP contribution in [0, 0.1) is 5.82 Å². The number of sulfonamides is 1. The van der Waals surface area contributed by atoms with Gasteiger partial charge in [-0.15, -0.1) is 11.3 Å². The molecular formula is C24H22FN3O5S2. The minimum Gasteiger partial charge on any atom is -0.481 e. The lowest BCUT2D eigenvalue weighted by atomic mass is 9.88. The van der Waals surface area contributed by atoms with Gasteiger partial charge in [0.2, 0.25) is 11.8 Å². The molecule has 11 heteroatoms. The third-order valence-electron chi connectivity index (χ3n) is 5.23. The molecule has 0 aliphatic rings. The van der Waals surface area contributed by atoms with Gasteiger partial charge in [-0.3, -0.25) is 4.79 Å².